The first kappa shape index (κ1) is 13.2. The molecule has 0 unspecified atom stereocenters. The topological polar surface area (TPSA) is 86.7 Å². The summed E-state index contributed by atoms with van der Waals surface area (Å²) in [5.41, 5.74) is 1.54. The molecule has 0 bridgehead atoms. The molecule has 0 aromatic heterocycles. The SMILES string of the molecule is O=C1C[C@H]([C@@H]2C[C@H]3C(=O)OC(=O)[C@H]3c3ccccc32)C(=O)O1. The Morgan fingerprint density at radius 2 is 1.45 bits per heavy atom. The van der Waals surface area contributed by atoms with Crippen molar-refractivity contribution < 1.29 is 28.7 Å². The summed E-state index contributed by atoms with van der Waals surface area (Å²) >= 11 is 0. The second-order valence-corrected chi connectivity index (χ2v) is 5.90. The second-order valence-electron chi connectivity index (χ2n) is 5.90. The van der Waals surface area contributed by atoms with E-state index in [1.165, 1.54) is 0 Å². The van der Waals surface area contributed by atoms with Gasteiger partial charge >= 0.3 is 23.9 Å². The van der Waals surface area contributed by atoms with Crippen LogP contribution in [-0.4, -0.2) is 23.9 Å². The summed E-state index contributed by atoms with van der Waals surface area (Å²) in [6, 6.07) is 7.21. The number of benzene rings is 1. The van der Waals surface area contributed by atoms with E-state index < -0.39 is 41.6 Å². The molecule has 2 heterocycles. The van der Waals surface area contributed by atoms with Crippen LogP contribution in [0.5, 0.6) is 0 Å². The first-order valence-electron chi connectivity index (χ1n) is 7.15. The number of carbonyl (C=O) groups excluding carboxylic acids is 4. The van der Waals surface area contributed by atoms with Crippen molar-refractivity contribution in [1.82, 2.24) is 0 Å². The predicted molar refractivity (Wildman–Crippen MR) is 70.3 cm³/mol. The van der Waals surface area contributed by atoms with E-state index in [9.17, 15) is 19.2 Å². The van der Waals surface area contributed by atoms with Crippen molar-refractivity contribution in [3.63, 3.8) is 0 Å². The van der Waals surface area contributed by atoms with Gasteiger partial charge in [-0.1, -0.05) is 24.3 Å². The highest BCUT2D eigenvalue weighted by atomic mass is 16.6. The van der Waals surface area contributed by atoms with E-state index in [1.54, 1.807) is 12.1 Å². The molecule has 2 aliphatic heterocycles. The highest BCUT2D eigenvalue weighted by Crippen LogP contribution is 2.50. The zero-order valence-corrected chi connectivity index (χ0v) is 11.5. The second kappa shape index (κ2) is 4.50. The summed E-state index contributed by atoms with van der Waals surface area (Å²) < 4.78 is 9.40. The average Bonchev–Trinajstić information content (AvgIpc) is 2.97. The lowest BCUT2D eigenvalue weighted by Crippen LogP contribution is -2.31. The molecule has 4 atom stereocenters. The molecule has 0 amide bonds. The summed E-state index contributed by atoms with van der Waals surface area (Å²) in [4.78, 5) is 47.1. The summed E-state index contributed by atoms with van der Waals surface area (Å²) in [5.74, 6) is -4.28. The maximum Gasteiger partial charge on any atom is 0.321 e. The van der Waals surface area contributed by atoms with E-state index in [4.69, 9.17) is 4.74 Å². The number of hydrogen-bond donors (Lipinski definition) is 0. The number of rotatable bonds is 1. The quantitative estimate of drug-likeness (QED) is 0.569. The van der Waals surface area contributed by atoms with Crippen LogP contribution in [0.3, 0.4) is 0 Å². The van der Waals surface area contributed by atoms with Gasteiger partial charge in [-0.2, -0.15) is 0 Å². The molecule has 1 aromatic rings. The third kappa shape index (κ3) is 1.73. The fourth-order valence-electron chi connectivity index (χ4n) is 3.83. The minimum atomic E-state index is -0.604. The van der Waals surface area contributed by atoms with Crippen LogP contribution >= 0.6 is 0 Å². The Kier molecular flexibility index (Phi) is 2.69. The number of carbonyl (C=O) groups is 4. The number of esters is 4. The summed E-state index contributed by atoms with van der Waals surface area (Å²) in [6.45, 7) is 0. The molecular formula is C16H12O6. The van der Waals surface area contributed by atoms with Gasteiger partial charge in [0.05, 0.1) is 24.2 Å². The van der Waals surface area contributed by atoms with Crippen LogP contribution in [0.1, 0.15) is 35.8 Å². The molecule has 2 saturated heterocycles. The number of fused-ring (bicyclic) bond motifs is 3. The highest BCUT2D eigenvalue weighted by molar-refractivity contribution is 6.01. The van der Waals surface area contributed by atoms with Crippen molar-refractivity contribution in [1.29, 1.82) is 0 Å². The molecule has 6 nitrogen and oxygen atoms in total. The van der Waals surface area contributed by atoms with E-state index >= 15 is 0 Å². The minimum absolute atomic E-state index is 0.0121. The largest absolute Gasteiger partial charge is 0.393 e. The molecule has 1 aromatic carbocycles. The van der Waals surface area contributed by atoms with Crippen LogP contribution in [0, 0.1) is 11.8 Å². The van der Waals surface area contributed by atoms with Crippen LogP contribution in [0.25, 0.3) is 0 Å². The normalized spacial score (nSPS) is 33.3. The molecule has 4 rings (SSSR count). The third-order valence-electron chi connectivity index (χ3n) is 4.79. The van der Waals surface area contributed by atoms with Gasteiger partial charge < -0.3 is 9.47 Å². The lowest BCUT2D eigenvalue weighted by molar-refractivity contribution is -0.155. The standard InChI is InChI=1S/C16H12O6/c17-12-6-10(14(18)21-12)9-5-11-13(16(20)22-15(11)19)8-4-2-1-3-7(8)9/h1-4,9-11,13H,5-6H2/t9-,10-,11-,13+/m1/s1. The van der Waals surface area contributed by atoms with Gasteiger partial charge in [-0.05, 0) is 23.5 Å². The van der Waals surface area contributed by atoms with E-state index in [1.807, 2.05) is 12.1 Å². The van der Waals surface area contributed by atoms with Gasteiger partial charge in [0.2, 0.25) is 0 Å². The Morgan fingerprint density at radius 1 is 0.773 bits per heavy atom. The Morgan fingerprint density at radius 3 is 2.14 bits per heavy atom. The summed E-state index contributed by atoms with van der Waals surface area (Å²) in [6.07, 6.45) is 0.331. The summed E-state index contributed by atoms with van der Waals surface area (Å²) in [5, 5.41) is 0. The first-order valence-corrected chi connectivity index (χ1v) is 7.15. The molecule has 3 aliphatic rings. The zero-order valence-electron chi connectivity index (χ0n) is 11.5. The lowest BCUT2D eigenvalue weighted by atomic mass is 9.67. The van der Waals surface area contributed by atoms with Crippen molar-refractivity contribution in [2.24, 2.45) is 11.8 Å². The van der Waals surface area contributed by atoms with Crippen LogP contribution in [0.4, 0.5) is 0 Å². The van der Waals surface area contributed by atoms with Gasteiger partial charge in [-0.15, -0.1) is 0 Å². The minimum Gasteiger partial charge on any atom is -0.393 e. The van der Waals surface area contributed by atoms with Crippen LogP contribution in [0.2, 0.25) is 0 Å². The van der Waals surface area contributed by atoms with E-state index in [-0.39, 0.29) is 12.3 Å². The van der Waals surface area contributed by atoms with Gasteiger partial charge in [-0.3, -0.25) is 19.2 Å². The first-order chi connectivity index (χ1) is 10.6. The molecule has 0 spiro atoms. The highest BCUT2D eigenvalue weighted by Gasteiger charge is 2.53. The Bertz CT molecular complexity index is 721. The van der Waals surface area contributed by atoms with Gasteiger partial charge in [0, 0.05) is 0 Å². The predicted octanol–water partition coefficient (Wildman–Crippen LogP) is 1.05. The fourth-order valence-corrected chi connectivity index (χ4v) is 3.83. The monoisotopic (exact) mass is 300 g/mol. The lowest BCUT2D eigenvalue weighted by Gasteiger charge is -2.32. The third-order valence-corrected chi connectivity index (χ3v) is 4.79. The smallest absolute Gasteiger partial charge is 0.321 e. The van der Waals surface area contributed by atoms with Crippen LogP contribution in [-0.2, 0) is 28.7 Å². The molecule has 0 N–H and O–H groups in total. The Balaban J connectivity index is 1.81. The molecule has 2 fully saturated rings. The maximum absolute atomic E-state index is 11.9. The molecule has 6 heteroatoms. The Hall–Kier alpha value is -2.50. The van der Waals surface area contributed by atoms with E-state index in [0.717, 1.165) is 5.56 Å². The van der Waals surface area contributed by atoms with Crippen molar-refractivity contribution >= 4 is 23.9 Å². The molecular weight excluding hydrogens is 288 g/mol. The van der Waals surface area contributed by atoms with Gasteiger partial charge in [0.1, 0.15) is 0 Å². The molecule has 0 saturated carbocycles. The molecule has 22 heavy (non-hydrogen) atoms. The van der Waals surface area contributed by atoms with Gasteiger partial charge in [0.25, 0.3) is 0 Å². The van der Waals surface area contributed by atoms with Gasteiger partial charge in [0.15, 0.2) is 0 Å². The van der Waals surface area contributed by atoms with E-state index in [0.29, 0.717) is 12.0 Å². The number of ether oxygens (including phenoxy) is 2. The number of cyclic esters (lactones) is 4. The fraction of sp³-hybridized carbons (Fsp3) is 0.375. The van der Waals surface area contributed by atoms with Crippen molar-refractivity contribution in [2.45, 2.75) is 24.7 Å². The summed E-state index contributed by atoms with van der Waals surface area (Å²) in [7, 11) is 0. The molecule has 1 aliphatic carbocycles. The molecule has 112 valence electrons. The number of hydrogen-bond acceptors (Lipinski definition) is 6. The van der Waals surface area contributed by atoms with Crippen LogP contribution in [0.15, 0.2) is 24.3 Å². The zero-order chi connectivity index (χ0) is 15.4. The van der Waals surface area contributed by atoms with E-state index in [2.05, 4.69) is 4.74 Å². The van der Waals surface area contributed by atoms with Gasteiger partial charge in [-0.25, -0.2) is 0 Å². The maximum atomic E-state index is 11.9. The van der Waals surface area contributed by atoms with Crippen LogP contribution < -0.4 is 0 Å². The molecule has 0 radical (unpaired) electrons. The van der Waals surface area contributed by atoms with Crippen molar-refractivity contribution in [3.05, 3.63) is 35.4 Å². The average molecular weight is 300 g/mol. The van der Waals surface area contributed by atoms with Crippen molar-refractivity contribution in [2.75, 3.05) is 0 Å². The van der Waals surface area contributed by atoms with Crippen molar-refractivity contribution in [3.8, 4) is 0 Å². The Labute approximate surface area is 125 Å².